The van der Waals surface area contributed by atoms with Crippen LogP contribution >= 0.6 is 23.2 Å². The molecule has 0 radical (unpaired) electrons. The predicted octanol–water partition coefficient (Wildman–Crippen LogP) is 4.16. The molecule has 0 heterocycles. The molecule has 138 valence electrons. The first-order chi connectivity index (χ1) is 13.3. The van der Waals surface area contributed by atoms with Crippen LogP contribution in [-0.2, 0) is 0 Å². The Bertz CT molecular complexity index is 1220. The fourth-order valence-electron chi connectivity index (χ4n) is 3.33. The van der Waals surface area contributed by atoms with E-state index in [1.54, 1.807) is 6.07 Å². The van der Waals surface area contributed by atoms with Gasteiger partial charge < -0.3 is 11.5 Å². The molecule has 0 amide bonds. The van der Waals surface area contributed by atoms with E-state index in [2.05, 4.69) is 0 Å². The number of ketones is 3. The Morgan fingerprint density at radius 3 is 2.21 bits per heavy atom. The van der Waals surface area contributed by atoms with Crippen LogP contribution in [-0.4, -0.2) is 17.3 Å². The zero-order valence-electron chi connectivity index (χ0n) is 14.3. The molecule has 1 aliphatic rings. The molecule has 1 aliphatic carbocycles. The van der Waals surface area contributed by atoms with Crippen molar-refractivity contribution in [2.45, 2.75) is 0 Å². The minimum absolute atomic E-state index is 0.0187. The number of carbonyl (C=O) groups excluding carboxylic acids is 3. The van der Waals surface area contributed by atoms with E-state index in [-0.39, 0.29) is 49.8 Å². The molecule has 0 aromatic heterocycles. The van der Waals surface area contributed by atoms with E-state index in [0.717, 1.165) is 0 Å². The van der Waals surface area contributed by atoms with Crippen molar-refractivity contribution in [2.75, 3.05) is 11.5 Å². The average molecular weight is 411 g/mol. The zero-order valence-corrected chi connectivity index (χ0v) is 15.8. The molecule has 4 N–H and O–H groups in total. The molecule has 0 unspecified atom stereocenters. The number of nitrogens with two attached hydrogens (primary N) is 2. The maximum Gasteiger partial charge on any atom is 0.196 e. The zero-order chi connectivity index (χ0) is 20.2. The number of rotatable bonds is 2. The van der Waals surface area contributed by atoms with Gasteiger partial charge in [0, 0.05) is 32.8 Å². The summed E-state index contributed by atoms with van der Waals surface area (Å²) >= 11 is 12.1. The number of nitrogen functional groups attached to an aromatic ring is 2. The number of fused-ring (bicyclic) bond motifs is 2. The van der Waals surface area contributed by atoms with Gasteiger partial charge in [-0.2, -0.15) is 0 Å². The molecule has 4 rings (SSSR count). The Morgan fingerprint density at radius 1 is 0.786 bits per heavy atom. The van der Waals surface area contributed by atoms with E-state index >= 15 is 0 Å². The fourth-order valence-corrected chi connectivity index (χ4v) is 3.71. The van der Waals surface area contributed by atoms with Gasteiger partial charge in [0.2, 0.25) is 0 Å². The van der Waals surface area contributed by atoms with Crippen LogP contribution in [0, 0.1) is 0 Å². The van der Waals surface area contributed by atoms with Gasteiger partial charge in [0.1, 0.15) is 0 Å². The third-order valence-corrected chi connectivity index (χ3v) is 5.27. The third-order valence-electron chi connectivity index (χ3n) is 4.70. The lowest BCUT2D eigenvalue weighted by molar-refractivity contribution is 0.0971. The van der Waals surface area contributed by atoms with E-state index in [4.69, 9.17) is 34.7 Å². The van der Waals surface area contributed by atoms with E-state index in [1.807, 2.05) is 0 Å². The molecule has 0 saturated heterocycles. The second-order valence-electron chi connectivity index (χ2n) is 6.33. The van der Waals surface area contributed by atoms with Crippen molar-refractivity contribution in [1.29, 1.82) is 0 Å². The Labute approximate surface area is 169 Å². The van der Waals surface area contributed by atoms with Crippen molar-refractivity contribution < 1.29 is 14.4 Å². The summed E-state index contributed by atoms with van der Waals surface area (Å²) in [5.41, 5.74) is 12.5. The molecule has 0 bridgehead atoms. The van der Waals surface area contributed by atoms with E-state index in [9.17, 15) is 14.4 Å². The number of hydrogen-bond donors (Lipinski definition) is 2. The molecule has 0 aliphatic heterocycles. The third kappa shape index (κ3) is 2.59. The quantitative estimate of drug-likeness (QED) is 0.381. The SMILES string of the molecule is Nc1ccc2c(c1N)C(=O)c1cccc(C(=O)c3cc(Cl)ccc3Cl)c1C2=O. The monoisotopic (exact) mass is 410 g/mol. The Morgan fingerprint density at radius 2 is 1.46 bits per heavy atom. The summed E-state index contributed by atoms with van der Waals surface area (Å²) in [5, 5.41) is 0.521. The van der Waals surface area contributed by atoms with E-state index in [0.29, 0.717) is 5.02 Å². The van der Waals surface area contributed by atoms with Gasteiger partial charge in [0.25, 0.3) is 0 Å². The molecule has 5 nitrogen and oxygen atoms in total. The maximum absolute atomic E-state index is 13.2. The molecule has 0 saturated carbocycles. The van der Waals surface area contributed by atoms with Gasteiger partial charge in [-0.3, -0.25) is 14.4 Å². The largest absolute Gasteiger partial charge is 0.397 e. The lowest BCUT2D eigenvalue weighted by Gasteiger charge is -2.21. The van der Waals surface area contributed by atoms with Gasteiger partial charge in [-0.25, -0.2) is 0 Å². The van der Waals surface area contributed by atoms with Crippen molar-refractivity contribution in [2.24, 2.45) is 0 Å². The van der Waals surface area contributed by atoms with Crippen LogP contribution in [0.4, 0.5) is 11.4 Å². The molecular formula is C21H12Cl2N2O3. The molecular weight excluding hydrogens is 399 g/mol. The van der Waals surface area contributed by atoms with Gasteiger partial charge in [-0.15, -0.1) is 0 Å². The summed E-state index contributed by atoms with van der Waals surface area (Å²) in [6.07, 6.45) is 0. The summed E-state index contributed by atoms with van der Waals surface area (Å²) < 4.78 is 0. The average Bonchev–Trinajstić information content (AvgIpc) is 2.69. The minimum atomic E-state index is -0.502. The summed E-state index contributed by atoms with van der Waals surface area (Å²) in [6.45, 7) is 0. The highest BCUT2D eigenvalue weighted by atomic mass is 35.5. The molecule has 3 aromatic rings. The summed E-state index contributed by atoms with van der Waals surface area (Å²) in [6, 6.07) is 11.9. The standard InChI is InChI=1S/C21H12Cl2N2O3/c22-9-4-6-14(23)13(8-9)19(26)10-2-1-3-11-16(10)20(27)12-5-7-15(24)18(25)17(12)21(11)28/h1-8H,24-25H2. The summed E-state index contributed by atoms with van der Waals surface area (Å²) in [4.78, 5) is 39.3. The van der Waals surface area contributed by atoms with Crippen molar-refractivity contribution >= 4 is 51.9 Å². The van der Waals surface area contributed by atoms with Crippen LogP contribution in [0.1, 0.15) is 47.8 Å². The molecule has 0 fully saturated rings. The van der Waals surface area contributed by atoms with Gasteiger partial charge in [0.15, 0.2) is 17.3 Å². The Kier molecular flexibility index (Phi) is 4.22. The molecule has 3 aromatic carbocycles. The van der Waals surface area contributed by atoms with E-state index < -0.39 is 17.3 Å². The van der Waals surface area contributed by atoms with Crippen LogP contribution in [0.25, 0.3) is 0 Å². The Balaban J connectivity index is 1.95. The van der Waals surface area contributed by atoms with Crippen LogP contribution in [0.15, 0.2) is 48.5 Å². The lowest BCUT2D eigenvalue weighted by atomic mass is 9.79. The lowest BCUT2D eigenvalue weighted by Crippen LogP contribution is -2.25. The predicted molar refractivity (Wildman–Crippen MR) is 108 cm³/mol. The highest BCUT2D eigenvalue weighted by Gasteiger charge is 2.35. The molecule has 7 heteroatoms. The first-order valence-corrected chi connectivity index (χ1v) is 8.97. The first kappa shape index (κ1) is 18.2. The molecule has 0 spiro atoms. The minimum Gasteiger partial charge on any atom is -0.397 e. The van der Waals surface area contributed by atoms with Crippen LogP contribution in [0.2, 0.25) is 10.0 Å². The smallest absolute Gasteiger partial charge is 0.196 e. The van der Waals surface area contributed by atoms with Crippen LogP contribution in [0.5, 0.6) is 0 Å². The molecule has 28 heavy (non-hydrogen) atoms. The van der Waals surface area contributed by atoms with Crippen molar-refractivity contribution in [1.82, 2.24) is 0 Å². The van der Waals surface area contributed by atoms with Gasteiger partial charge in [-0.1, -0.05) is 41.4 Å². The topological polar surface area (TPSA) is 103 Å². The number of carbonyl (C=O) groups is 3. The second kappa shape index (κ2) is 6.48. The normalized spacial score (nSPS) is 12.5. The van der Waals surface area contributed by atoms with Crippen molar-refractivity contribution in [3.8, 4) is 0 Å². The maximum atomic E-state index is 13.2. The summed E-state index contributed by atoms with van der Waals surface area (Å²) in [5.74, 6) is -1.43. The highest BCUT2D eigenvalue weighted by Crippen LogP contribution is 2.36. The summed E-state index contributed by atoms with van der Waals surface area (Å²) in [7, 11) is 0. The number of halogens is 2. The van der Waals surface area contributed by atoms with Crippen molar-refractivity contribution in [3.63, 3.8) is 0 Å². The highest BCUT2D eigenvalue weighted by molar-refractivity contribution is 6.38. The van der Waals surface area contributed by atoms with Crippen LogP contribution < -0.4 is 11.5 Å². The van der Waals surface area contributed by atoms with Crippen molar-refractivity contribution in [3.05, 3.63) is 92.0 Å². The van der Waals surface area contributed by atoms with Gasteiger partial charge >= 0.3 is 0 Å². The number of hydrogen-bond acceptors (Lipinski definition) is 5. The number of benzene rings is 3. The fraction of sp³-hybridized carbons (Fsp3) is 0. The molecule has 0 atom stereocenters. The van der Waals surface area contributed by atoms with E-state index in [1.165, 1.54) is 42.5 Å². The number of anilines is 2. The van der Waals surface area contributed by atoms with Crippen LogP contribution in [0.3, 0.4) is 0 Å². The van der Waals surface area contributed by atoms with Gasteiger partial charge in [0.05, 0.1) is 22.0 Å². The van der Waals surface area contributed by atoms with Gasteiger partial charge in [-0.05, 0) is 30.3 Å². The first-order valence-electron chi connectivity index (χ1n) is 8.21. The second-order valence-corrected chi connectivity index (χ2v) is 7.17. The Hall–Kier alpha value is -3.15.